The first-order valence-electron chi connectivity index (χ1n) is 7.63. The van der Waals surface area contributed by atoms with E-state index in [1.54, 1.807) is 0 Å². The van der Waals surface area contributed by atoms with Gasteiger partial charge in [-0.1, -0.05) is 25.0 Å². The van der Waals surface area contributed by atoms with Crippen molar-refractivity contribution in [3.8, 4) is 0 Å². The molecule has 132 valence electrons. The van der Waals surface area contributed by atoms with Gasteiger partial charge in [-0.25, -0.2) is 12.8 Å². The molecule has 1 amide bonds. The van der Waals surface area contributed by atoms with Gasteiger partial charge < -0.3 is 10.4 Å². The Hall–Kier alpha value is -1.96. The molecule has 2 rings (SSSR count). The summed E-state index contributed by atoms with van der Waals surface area (Å²) >= 11 is 0. The maximum Gasteiger partial charge on any atom is 0.312 e. The Morgan fingerprint density at radius 1 is 1.25 bits per heavy atom. The Labute approximate surface area is 140 Å². The van der Waals surface area contributed by atoms with Crippen LogP contribution in [-0.4, -0.2) is 42.9 Å². The lowest BCUT2D eigenvalue weighted by atomic mass is 9.98. The minimum absolute atomic E-state index is 0.242. The van der Waals surface area contributed by atoms with Crippen LogP contribution < -0.4 is 5.32 Å². The molecule has 0 spiro atoms. The molecule has 0 saturated heterocycles. The van der Waals surface area contributed by atoms with Crippen LogP contribution in [0, 0.1) is 5.82 Å². The van der Waals surface area contributed by atoms with Crippen LogP contribution in [-0.2, 0) is 19.4 Å². The van der Waals surface area contributed by atoms with Crippen molar-refractivity contribution in [2.75, 3.05) is 12.8 Å². The van der Waals surface area contributed by atoms with Gasteiger partial charge in [0.1, 0.15) is 10.6 Å². The lowest BCUT2D eigenvalue weighted by Gasteiger charge is -2.26. The number of carbonyl (C=O) groups excluding carboxylic acids is 1. The fourth-order valence-corrected chi connectivity index (χ4v) is 4.55. The first kappa shape index (κ1) is 18.4. The Bertz CT molecular complexity index is 723. The van der Waals surface area contributed by atoms with Gasteiger partial charge in [0.2, 0.25) is 5.91 Å². The zero-order chi connectivity index (χ0) is 18.0. The van der Waals surface area contributed by atoms with Crippen molar-refractivity contribution >= 4 is 21.7 Å². The van der Waals surface area contributed by atoms with Gasteiger partial charge in [-0.15, -0.1) is 0 Å². The number of halogens is 1. The Morgan fingerprint density at radius 2 is 1.79 bits per heavy atom. The summed E-state index contributed by atoms with van der Waals surface area (Å²) in [6.07, 6.45) is 2.80. The average molecular weight is 357 g/mol. The summed E-state index contributed by atoms with van der Waals surface area (Å²) in [5, 5.41) is 11.8. The number of carbonyl (C=O) groups is 2. The van der Waals surface area contributed by atoms with E-state index in [4.69, 9.17) is 0 Å². The molecule has 0 bridgehead atoms. The Balaban J connectivity index is 2.16. The lowest BCUT2D eigenvalue weighted by molar-refractivity contribution is -0.138. The highest BCUT2D eigenvalue weighted by Crippen LogP contribution is 2.36. The monoisotopic (exact) mass is 357 g/mol. The molecular weight excluding hydrogens is 337 g/mol. The van der Waals surface area contributed by atoms with Crippen LogP contribution in [0.25, 0.3) is 0 Å². The molecular formula is C16H20FNO5S. The average Bonchev–Trinajstić information content (AvgIpc) is 2.99. The molecule has 2 N–H and O–H groups in total. The summed E-state index contributed by atoms with van der Waals surface area (Å²) in [4.78, 5) is 23.9. The molecule has 0 heterocycles. The predicted molar refractivity (Wildman–Crippen MR) is 85.8 cm³/mol. The van der Waals surface area contributed by atoms with Crippen molar-refractivity contribution in [2.24, 2.45) is 0 Å². The molecule has 1 saturated carbocycles. The third-order valence-electron chi connectivity index (χ3n) is 4.57. The number of carboxylic acids is 1. The van der Waals surface area contributed by atoms with E-state index in [0.29, 0.717) is 18.4 Å². The summed E-state index contributed by atoms with van der Waals surface area (Å²) in [5.74, 6) is -3.40. The number of nitrogens with one attached hydrogen (secondary N) is 1. The van der Waals surface area contributed by atoms with Crippen molar-refractivity contribution < 1.29 is 27.5 Å². The fraction of sp³-hybridized carbons (Fsp3) is 0.500. The molecule has 6 nitrogen and oxygen atoms in total. The quantitative estimate of drug-likeness (QED) is 0.803. The van der Waals surface area contributed by atoms with Gasteiger partial charge in [0.25, 0.3) is 0 Å². The maximum absolute atomic E-state index is 13.0. The summed E-state index contributed by atoms with van der Waals surface area (Å²) in [6, 6.07) is 4.95. The van der Waals surface area contributed by atoms with Crippen LogP contribution in [0.5, 0.6) is 0 Å². The smallest absolute Gasteiger partial charge is 0.312 e. The standard InChI is InChI=1S/C16H20FNO5S/c1-24(22,23)16(8-2-3-9-16)15(21)18-10-13(14(19)20)11-4-6-12(17)7-5-11/h4-7,13H,2-3,8-10H2,1H3,(H,18,21)(H,19,20). The molecule has 0 aromatic heterocycles. The summed E-state index contributed by atoms with van der Waals surface area (Å²) in [5.41, 5.74) is 0.337. The van der Waals surface area contributed by atoms with Gasteiger partial charge in [0, 0.05) is 12.8 Å². The number of aliphatic carboxylic acids is 1. The highest BCUT2D eigenvalue weighted by Gasteiger charge is 2.50. The minimum Gasteiger partial charge on any atom is -0.481 e. The predicted octanol–water partition coefficient (Wildman–Crippen LogP) is 1.47. The van der Waals surface area contributed by atoms with E-state index in [1.807, 2.05) is 0 Å². The second-order valence-corrected chi connectivity index (χ2v) is 8.45. The van der Waals surface area contributed by atoms with Crippen LogP contribution in [0.1, 0.15) is 37.2 Å². The number of carboxylic acid groups (broad SMARTS) is 1. The van der Waals surface area contributed by atoms with E-state index in [2.05, 4.69) is 5.32 Å². The van der Waals surface area contributed by atoms with Gasteiger partial charge in [0.15, 0.2) is 9.84 Å². The normalized spacial score (nSPS) is 18.1. The largest absolute Gasteiger partial charge is 0.481 e. The molecule has 1 aromatic carbocycles. The molecule has 1 fully saturated rings. The Kier molecular flexibility index (Phi) is 5.27. The van der Waals surface area contributed by atoms with Crippen molar-refractivity contribution in [2.45, 2.75) is 36.3 Å². The third-order valence-corrected chi connectivity index (χ3v) is 6.59. The molecule has 1 aliphatic rings. The number of amides is 1. The van der Waals surface area contributed by atoms with Crippen molar-refractivity contribution in [1.82, 2.24) is 5.32 Å². The second kappa shape index (κ2) is 6.88. The lowest BCUT2D eigenvalue weighted by Crippen LogP contribution is -2.51. The van der Waals surface area contributed by atoms with Gasteiger partial charge >= 0.3 is 5.97 Å². The zero-order valence-corrected chi connectivity index (χ0v) is 14.1. The minimum atomic E-state index is -3.61. The third kappa shape index (κ3) is 3.58. The van der Waals surface area contributed by atoms with Crippen LogP contribution in [0.4, 0.5) is 4.39 Å². The molecule has 0 radical (unpaired) electrons. The van der Waals surface area contributed by atoms with Crippen LogP contribution in [0.15, 0.2) is 24.3 Å². The van der Waals surface area contributed by atoms with Crippen LogP contribution >= 0.6 is 0 Å². The van der Waals surface area contributed by atoms with Gasteiger partial charge in [-0.3, -0.25) is 9.59 Å². The van der Waals surface area contributed by atoms with E-state index in [0.717, 1.165) is 18.4 Å². The molecule has 0 aliphatic heterocycles. The highest BCUT2D eigenvalue weighted by molar-refractivity contribution is 7.92. The molecule has 24 heavy (non-hydrogen) atoms. The zero-order valence-electron chi connectivity index (χ0n) is 13.3. The summed E-state index contributed by atoms with van der Waals surface area (Å²) in [7, 11) is -3.61. The first-order chi connectivity index (χ1) is 11.2. The van der Waals surface area contributed by atoms with E-state index in [9.17, 15) is 27.5 Å². The number of rotatable bonds is 6. The van der Waals surface area contributed by atoms with Gasteiger partial charge in [-0.2, -0.15) is 0 Å². The number of hydrogen-bond acceptors (Lipinski definition) is 4. The second-order valence-electron chi connectivity index (χ2n) is 6.13. The van der Waals surface area contributed by atoms with E-state index >= 15 is 0 Å². The highest BCUT2D eigenvalue weighted by atomic mass is 32.2. The first-order valence-corrected chi connectivity index (χ1v) is 9.53. The van der Waals surface area contributed by atoms with Crippen molar-refractivity contribution in [1.29, 1.82) is 0 Å². The van der Waals surface area contributed by atoms with Gasteiger partial charge in [0.05, 0.1) is 5.92 Å². The molecule has 8 heteroatoms. The van der Waals surface area contributed by atoms with E-state index < -0.39 is 38.2 Å². The topological polar surface area (TPSA) is 101 Å². The Morgan fingerprint density at radius 3 is 2.25 bits per heavy atom. The maximum atomic E-state index is 13.0. The van der Waals surface area contributed by atoms with Crippen molar-refractivity contribution in [3.63, 3.8) is 0 Å². The summed E-state index contributed by atoms with van der Waals surface area (Å²) < 4.78 is 35.6. The molecule has 1 unspecified atom stereocenters. The number of hydrogen-bond donors (Lipinski definition) is 2. The summed E-state index contributed by atoms with van der Waals surface area (Å²) in [6.45, 7) is -0.253. The van der Waals surface area contributed by atoms with Crippen LogP contribution in [0.3, 0.4) is 0 Å². The molecule has 1 aliphatic carbocycles. The van der Waals surface area contributed by atoms with Crippen molar-refractivity contribution in [3.05, 3.63) is 35.6 Å². The van der Waals surface area contributed by atoms with Gasteiger partial charge in [-0.05, 0) is 30.5 Å². The molecule has 1 atom stereocenters. The fourth-order valence-electron chi connectivity index (χ4n) is 3.11. The SMILES string of the molecule is CS(=O)(=O)C1(C(=O)NCC(C(=O)O)c2ccc(F)cc2)CCCC1. The van der Waals surface area contributed by atoms with Crippen LogP contribution in [0.2, 0.25) is 0 Å². The van der Waals surface area contributed by atoms with E-state index in [-0.39, 0.29) is 19.4 Å². The molecule has 1 aromatic rings. The number of sulfone groups is 1. The number of benzene rings is 1. The van der Waals surface area contributed by atoms with E-state index in [1.165, 1.54) is 12.1 Å².